The lowest BCUT2D eigenvalue weighted by Gasteiger charge is -2.04. The fourth-order valence-electron chi connectivity index (χ4n) is 1.02. The Hall–Kier alpha value is -1.04. The molecule has 11 heavy (non-hydrogen) atoms. The van der Waals surface area contributed by atoms with Gasteiger partial charge in [0.15, 0.2) is 0 Å². The summed E-state index contributed by atoms with van der Waals surface area (Å²) in [7, 11) is 0. The number of rotatable bonds is 1. The first kappa shape index (κ1) is 8.06. The second-order valence-corrected chi connectivity index (χ2v) is 3.09. The van der Waals surface area contributed by atoms with Crippen LogP contribution in [0.3, 0.4) is 0 Å². The van der Waals surface area contributed by atoms with Gasteiger partial charge < -0.3 is 0 Å². The highest BCUT2D eigenvalue weighted by molar-refractivity contribution is 5.40. The molecule has 0 bridgehead atoms. The van der Waals surface area contributed by atoms with E-state index in [9.17, 15) is 0 Å². The zero-order valence-corrected chi connectivity index (χ0v) is 7.17. The van der Waals surface area contributed by atoms with Crippen LogP contribution in [0.1, 0.15) is 13.8 Å². The maximum atomic E-state index is 3.90. The molecule has 0 saturated carbocycles. The Kier molecular flexibility index (Phi) is 2.48. The van der Waals surface area contributed by atoms with Crippen molar-refractivity contribution in [2.24, 2.45) is 5.92 Å². The quantitative estimate of drug-likeness (QED) is 0.532. The summed E-state index contributed by atoms with van der Waals surface area (Å²) in [4.78, 5) is 0. The molecule has 0 aromatic carbocycles. The van der Waals surface area contributed by atoms with Crippen molar-refractivity contribution in [3.05, 3.63) is 48.1 Å². The largest absolute Gasteiger partial charge is 0.0918 e. The molecule has 1 aliphatic carbocycles. The predicted molar refractivity (Wildman–Crippen MR) is 50.3 cm³/mol. The smallest absolute Gasteiger partial charge is 0.0219 e. The second kappa shape index (κ2) is 3.38. The second-order valence-electron chi connectivity index (χ2n) is 3.09. The third kappa shape index (κ3) is 2.23. The Morgan fingerprint density at radius 3 is 2.45 bits per heavy atom. The van der Waals surface area contributed by atoms with Gasteiger partial charge in [-0.2, -0.15) is 0 Å². The lowest BCUT2D eigenvalue weighted by Crippen LogP contribution is -1.89. The minimum Gasteiger partial charge on any atom is -0.0918 e. The topological polar surface area (TPSA) is 0 Å². The zero-order chi connectivity index (χ0) is 8.27. The van der Waals surface area contributed by atoms with Crippen LogP contribution in [0.15, 0.2) is 48.1 Å². The highest BCUT2D eigenvalue weighted by Gasteiger charge is 1.99. The maximum Gasteiger partial charge on any atom is -0.0219 e. The van der Waals surface area contributed by atoms with Crippen molar-refractivity contribution in [1.82, 2.24) is 0 Å². The van der Waals surface area contributed by atoms with E-state index in [2.05, 4.69) is 38.7 Å². The van der Waals surface area contributed by atoms with Crippen LogP contribution in [0.5, 0.6) is 0 Å². The van der Waals surface area contributed by atoms with Gasteiger partial charge in [-0.3, -0.25) is 0 Å². The Labute approximate surface area is 68.6 Å². The monoisotopic (exact) mass is 146 g/mol. The molecule has 0 nitrogen and oxygen atoms in total. The molecule has 58 valence electrons. The maximum absolute atomic E-state index is 3.90. The molecular weight excluding hydrogens is 132 g/mol. The van der Waals surface area contributed by atoms with Crippen LogP contribution in [0.25, 0.3) is 0 Å². The molecule has 0 radical (unpaired) electrons. The van der Waals surface area contributed by atoms with Crippen LogP contribution in [0.4, 0.5) is 0 Å². The molecule has 0 N–H and O–H groups in total. The van der Waals surface area contributed by atoms with Crippen molar-refractivity contribution in [3.8, 4) is 0 Å². The molecule has 0 heteroatoms. The number of hydrogen-bond acceptors (Lipinski definition) is 0. The van der Waals surface area contributed by atoms with Crippen molar-refractivity contribution < 1.29 is 0 Å². The van der Waals surface area contributed by atoms with Gasteiger partial charge >= 0.3 is 0 Å². The van der Waals surface area contributed by atoms with E-state index in [1.54, 1.807) is 0 Å². The average molecular weight is 146 g/mol. The fraction of sp³-hybridized carbons (Fsp3) is 0.273. The number of hydrogen-bond donors (Lipinski definition) is 0. The normalized spacial score (nSPS) is 17.0. The van der Waals surface area contributed by atoms with Crippen LogP contribution < -0.4 is 0 Å². The van der Waals surface area contributed by atoms with Crippen LogP contribution >= 0.6 is 0 Å². The fourth-order valence-corrected chi connectivity index (χ4v) is 1.02. The van der Waals surface area contributed by atoms with Gasteiger partial charge in [-0.05, 0) is 17.1 Å². The van der Waals surface area contributed by atoms with E-state index in [1.165, 1.54) is 5.57 Å². The van der Waals surface area contributed by atoms with Crippen molar-refractivity contribution in [2.45, 2.75) is 13.8 Å². The van der Waals surface area contributed by atoms with Crippen molar-refractivity contribution in [1.29, 1.82) is 0 Å². The van der Waals surface area contributed by atoms with E-state index in [0.717, 1.165) is 5.57 Å². The summed E-state index contributed by atoms with van der Waals surface area (Å²) < 4.78 is 0. The summed E-state index contributed by atoms with van der Waals surface area (Å²) in [6.45, 7) is 8.28. The first-order valence-corrected chi connectivity index (χ1v) is 3.95. The van der Waals surface area contributed by atoms with Gasteiger partial charge in [0.1, 0.15) is 0 Å². The summed E-state index contributed by atoms with van der Waals surface area (Å²) in [5, 5.41) is 0. The lowest BCUT2D eigenvalue weighted by atomic mass is 10.0. The minimum atomic E-state index is 0.586. The molecule has 0 spiro atoms. The average Bonchev–Trinajstić information content (AvgIpc) is 2.13. The molecule has 1 rings (SSSR count). The molecule has 0 aliphatic heterocycles. The van der Waals surface area contributed by atoms with Crippen LogP contribution in [-0.2, 0) is 0 Å². The van der Waals surface area contributed by atoms with E-state index in [-0.39, 0.29) is 0 Å². The van der Waals surface area contributed by atoms with E-state index in [0.29, 0.717) is 5.92 Å². The Balaban J connectivity index is 2.88. The van der Waals surface area contributed by atoms with E-state index >= 15 is 0 Å². The van der Waals surface area contributed by atoms with Crippen LogP contribution in [-0.4, -0.2) is 0 Å². The molecular formula is C11H14. The van der Waals surface area contributed by atoms with Gasteiger partial charge in [0.25, 0.3) is 0 Å². The van der Waals surface area contributed by atoms with Crippen LogP contribution in [0.2, 0.25) is 0 Å². The number of allylic oxidation sites excluding steroid dienone is 7. The van der Waals surface area contributed by atoms with E-state index in [1.807, 2.05) is 12.2 Å². The predicted octanol–water partition coefficient (Wildman–Crippen LogP) is 3.25. The van der Waals surface area contributed by atoms with Gasteiger partial charge in [-0.25, -0.2) is 0 Å². The van der Waals surface area contributed by atoms with Gasteiger partial charge in [-0.15, -0.1) is 0 Å². The van der Waals surface area contributed by atoms with Gasteiger partial charge in [0.05, 0.1) is 0 Å². The van der Waals surface area contributed by atoms with Crippen molar-refractivity contribution in [2.75, 3.05) is 0 Å². The van der Waals surface area contributed by atoms with E-state index in [4.69, 9.17) is 0 Å². The molecule has 0 unspecified atom stereocenters. The standard InChI is InChI=1S/C11H14/c1-9(2)11-7-5-4-6-10(3)8-11/h4-9H,3H2,1-2H3. The molecule has 0 amide bonds. The summed E-state index contributed by atoms with van der Waals surface area (Å²) in [5.74, 6) is 0.586. The Bertz CT molecular complexity index is 237. The molecule has 0 saturated heterocycles. The molecule has 0 heterocycles. The summed E-state index contributed by atoms with van der Waals surface area (Å²) in [6.07, 6.45) is 10.4. The summed E-state index contributed by atoms with van der Waals surface area (Å²) >= 11 is 0. The Morgan fingerprint density at radius 1 is 1.18 bits per heavy atom. The first-order valence-electron chi connectivity index (χ1n) is 3.95. The van der Waals surface area contributed by atoms with E-state index < -0.39 is 0 Å². The van der Waals surface area contributed by atoms with Gasteiger partial charge in [-0.1, -0.05) is 50.8 Å². The first-order chi connectivity index (χ1) is 5.20. The van der Waals surface area contributed by atoms with Crippen LogP contribution in [0, 0.1) is 5.92 Å². The van der Waals surface area contributed by atoms with Gasteiger partial charge in [0, 0.05) is 0 Å². The highest BCUT2D eigenvalue weighted by atomic mass is 14.0. The molecule has 1 aliphatic rings. The molecule has 0 atom stereocenters. The summed E-state index contributed by atoms with van der Waals surface area (Å²) in [6, 6.07) is 0. The minimum absolute atomic E-state index is 0.586. The van der Waals surface area contributed by atoms with Crippen molar-refractivity contribution in [3.63, 3.8) is 0 Å². The molecule has 0 aromatic heterocycles. The highest BCUT2D eigenvalue weighted by Crippen LogP contribution is 2.16. The van der Waals surface area contributed by atoms with Gasteiger partial charge in [0.2, 0.25) is 0 Å². The van der Waals surface area contributed by atoms with Crippen molar-refractivity contribution >= 4 is 0 Å². The third-order valence-corrected chi connectivity index (χ3v) is 1.73. The summed E-state index contributed by atoms with van der Waals surface area (Å²) in [5.41, 5.74) is 2.43. The molecule has 0 fully saturated rings. The third-order valence-electron chi connectivity index (χ3n) is 1.73. The zero-order valence-electron chi connectivity index (χ0n) is 7.17. The molecule has 0 aromatic rings. The Morgan fingerprint density at radius 2 is 1.82 bits per heavy atom. The SMILES string of the molecule is C=C1C=CC=CC(C(C)C)=C1. The lowest BCUT2D eigenvalue weighted by molar-refractivity contribution is 0.791.